The molecule has 0 aliphatic carbocycles. The van der Waals surface area contributed by atoms with Gasteiger partial charge in [0.05, 0.1) is 10.6 Å². The van der Waals surface area contributed by atoms with Crippen molar-refractivity contribution in [2.75, 3.05) is 0 Å². The molecular formula is C17H22N2OS. The van der Waals surface area contributed by atoms with Gasteiger partial charge in [-0.3, -0.25) is 0 Å². The quantitative estimate of drug-likeness (QED) is 0.897. The van der Waals surface area contributed by atoms with E-state index < -0.39 is 0 Å². The molecule has 0 atom stereocenters. The molecule has 0 saturated heterocycles. The Kier molecular flexibility index (Phi) is 3.34. The molecule has 0 bridgehead atoms. The van der Waals surface area contributed by atoms with Crippen LogP contribution >= 0.6 is 11.3 Å². The zero-order valence-corrected chi connectivity index (χ0v) is 14.1. The van der Waals surface area contributed by atoms with Crippen molar-refractivity contribution in [3.05, 3.63) is 34.2 Å². The lowest BCUT2D eigenvalue weighted by atomic mass is 9.97. The molecule has 2 aromatic rings. The van der Waals surface area contributed by atoms with E-state index in [0.717, 1.165) is 28.6 Å². The summed E-state index contributed by atoms with van der Waals surface area (Å²) >= 11 is 1.75. The lowest BCUT2D eigenvalue weighted by molar-refractivity contribution is 0.109. The first-order chi connectivity index (χ1) is 9.76. The zero-order valence-electron chi connectivity index (χ0n) is 13.3. The lowest BCUT2D eigenvalue weighted by Gasteiger charge is -2.31. The third-order valence-corrected chi connectivity index (χ3v) is 4.86. The minimum absolute atomic E-state index is 0.0934. The summed E-state index contributed by atoms with van der Waals surface area (Å²) in [7, 11) is 0. The summed E-state index contributed by atoms with van der Waals surface area (Å²) in [5.41, 5.74) is 1.96. The van der Waals surface area contributed by atoms with Crippen LogP contribution in [-0.4, -0.2) is 10.5 Å². The van der Waals surface area contributed by atoms with Crippen molar-refractivity contribution in [1.29, 1.82) is 0 Å². The van der Waals surface area contributed by atoms with Gasteiger partial charge < -0.3 is 10.1 Å². The van der Waals surface area contributed by atoms with E-state index in [1.54, 1.807) is 11.3 Å². The highest BCUT2D eigenvalue weighted by atomic mass is 32.1. The van der Waals surface area contributed by atoms with E-state index in [1.807, 2.05) is 18.2 Å². The second-order valence-electron chi connectivity index (χ2n) is 7.00. The van der Waals surface area contributed by atoms with E-state index in [-0.39, 0.29) is 11.1 Å². The lowest BCUT2D eigenvalue weighted by Crippen LogP contribution is -2.35. The van der Waals surface area contributed by atoms with E-state index in [0.29, 0.717) is 0 Å². The van der Waals surface area contributed by atoms with Gasteiger partial charge in [0.15, 0.2) is 0 Å². The molecule has 1 aliphatic heterocycles. The SMILES string of the molecule is CC(C)(C)NCc1nc2c(s1)C(C)(C)Oc1ccccc1-2. The number of hydrogen-bond acceptors (Lipinski definition) is 4. The first kappa shape index (κ1) is 14.5. The van der Waals surface area contributed by atoms with E-state index in [2.05, 4.69) is 46.0 Å². The second kappa shape index (κ2) is 4.82. The Morgan fingerprint density at radius 3 is 2.67 bits per heavy atom. The largest absolute Gasteiger partial charge is 0.482 e. The van der Waals surface area contributed by atoms with Crippen molar-refractivity contribution in [3.8, 4) is 17.0 Å². The van der Waals surface area contributed by atoms with Crippen LogP contribution in [0, 0.1) is 0 Å². The average molecular weight is 302 g/mol. The molecule has 0 saturated carbocycles. The normalized spacial score (nSPS) is 16.0. The smallest absolute Gasteiger partial charge is 0.140 e. The van der Waals surface area contributed by atoms with Crippen LogP contribution in [0.15, 0.2) is 24.3 Å². The van der Waals surface area contributed by atoms with Crippen LogP contribution in [0.4, 0.5) is 0 Å². The van der Waals surface area contributed by atoms with Gasteiger partial charge in [0, 0.05) is 17.6 Å². The molecule has 1 aliphatic rings. The van der Waals surface area contributed by atoms with Crippen LogP contribution in [0.2, 0.25) is 0 Å². The molecule has 1 aromatic heterocycles. The summed E-state index contributed by atoms with van der Waals surface area (Å²) in [6, 6.07) is 8.15. The summed E-state index contributed by atoms with van der Waals surface area (Å²) < 4.78 is 6.15. The van der Waals surface area contributed by atoms with E-state index in [9.17, 15) is 0 Å². The average Bonchev–Trinajstić information content (AvgIpc) is 2.81. The summed E-state index contributed by atoms with van der Waals surface area (Å²) in [5.74, 6) is 0.927. The highest BCUT2D eigenvalue weighted by molar-refractivity contribution is 7.12. The Bertz CT molecular complexity index is 668. The fourth-order valence-electron chi connectivity index (χ4n) is 2.44. The number of para-hydroxylation sites is 1. The highest BCUT2D eigenvalue weighted by Crippen LogP contribution is 2.46. The van der Waals surface area contributed by atoms with E-state index in [1.165, 1.54) is 4.88 Å². The molecule has 0 radical (unpaired) electrons. The van der Waals surface area contributed by atoms with Crippen LogP contribution in [0.1, 0.15) is 44.5 Å². The third-order valence-electron chi connectivity index (χ3n) is 3.50. The third kappa shape index (κ3) is 2.83. The summed E-state index contributed by atoms with van der Waals surface area (Å²) in [6.45, 7) is 11.5. The standard InChI is InChI=1S/C17H22N2OS/c1-16(2,3)18-10-13-19-14-11-8-6-7-9-12(11)20-17(4,5)15(14)21-13/h6-9,18H,10H2,1-5H3. The van der Waals surface area contributed by atoms with Gasteiger partial charge in [-0.25, -0.2) is 4.98 Å². The molecule has 3 rings (SSSR count). The van der Waals surface area contributed by atoms with Gasteiger partial charge in [-0.15, -0.1) is 11.3 Å². The Hall–Kier alpha value is -1.39. The molecule has 0 amide bonds. The molecule has 0 spiro atoms. The Labute approximate surface area is 130 Å². The van der Waals surface area contributed by atoms with E-state index in [4.69, 9.17) is 9.72 Å². The Balaban J connectivity index is 2.00. The van der Waals surface area contributed by atoms with Crippen molar-refractivity contribution < 1.29 is 4.74 Å². The Morgan fingerprint density at radius 1 is 1.24 bits per heavy atom. The van der Waals surface area contributed by atoms with Gasteiger partial charge >= 0.3 is 0 Å². The van der Waals surface area contributed by atoms with Gasteiger partial charge in [-0.2, -0.15) is 0 Å². The van der Waals surface area contributed by atoms with Crippen molar-refractivity contribution in [2.24, 2.45) is 0 Å². The van der Waals surface area contributed by atoms with Crippen LogP contribution in [0.25, 0.3) is 11.3 Å². The molecular weight excluding hydrogens is 280 g/mol. The molecule has 3 nitrogen and oxygen atoms in total. The monoisotopic (exact) mass is 302 g/mol. The first-order valence-electron chi connectivity index (χ1n) is 7.30. The van der Waals surface area contributed by atoms with Crippen LogP contribution < -0.4 is 10.1 Å². The number of benzene rings is 1. The fraction of sp³-hybridized carbons (Fsp3) is 0.471. The first-order valence-corrected chi connectivity index (χ1v) is 8.11. The molecule has 0 unspecified atom stereocenters. The van der Waals surface area contributed by atoms with Crippen LogP contribution in [-0.2, 0) is 12.1 Å². The molecule has 112 valence electrons. The number of fused-ring (bicyclic) bond motifs is 3. The number of aromatic nitrogens is 1. The van der Waals surface area contributed by atoms with Gasteiger partial charge in [0.1, 0.15) is 16.4 Å². The minimum Gasteiger partial charge on any atom is -0.482 e. The molecule has 2 heterocycles. The van der Waals surface area contributed by atoms with Gasteiger partial charge in [0.2, 0.25) is 0 Å². The number of nitrogens with one attached hydrogen (secondary N) is 1. The fourth-order valence-corrected chi connectivity index (χ4v) is 3.50. The van der Waals surface area contributed by atoms with Crippen molar-refractivity contribution >= 4 is 11.3 Å². The number of hydrogen-bond donors (Lipinski definition) is 1. The second-order valence-corrected chi connectivity index (χ2v) is 8.08. The topological polar surface area (TPSA) is 34.2 Å². The van der Waals surface area contributed by atoms with Crippen molar-refractivity contribution in [2.45, 2.75) is 52.3 Å². The Morgan fingerprint density at radius 2 is 1.95 bits per heavy atom. The number of nitrogens with zero attached hydrogens (tertiary/aromatic N) is 1. The van der Waals surface area contributed by atoms with E-state index >= 15 is 0 Å². The number of ether oxygens (including phenoxy) is 1. The van der Waals surface area contributed by atoms with Crippen molar-refractivity contribution in [1.82, 2.24) is 10.3 Å². The molecule has 21 heavy (non-hydrogen) atoms. The summed E-state index contributed by atoms with van der Waals surface area (Å²) in [5, 5.41) is 4.62. The maximum Gasteiger partial charge on any atom is 0.140 e. The van der Waals surface area contributed by atoms with Crippen LogP contribution in [0.5, 0.6) is 5.75 Å². The summed E-state index contributed by atoms with van der Waals surface area (Å²) in [6.07, 6.45) is 0. The van der Waals surface area contributed by atoms with Gasteiger partial charge in [-0.05, 0) is 46.8 Å². The molecule has 1 N–H and O–H groups in total. The van der Waals surface area contributed by atoms with Gasteiger partial charge in [-0.1, -0.05) is 12.1 Å². The van der Waals surface area contributed by atoms with Crippen LogP contribution in [0.3, 0.4) is 0 Å². The molecule has 0 fully saturated rings. The number of thiazole rings is 1. The summed E-state index contributed by atoms with van der Waals surface area (Å²) in [4.78, 5) is 6.08. The maximum atomic E-state index is 6.15. The predicted octanol–water partition coefficient (Wildman–Crippen LogP) is 4.33. The molecule has 4 heteroatoms. The zero-order chi connectivity index (χ0) is 15.3. The predicted molar refractivity (Wildman–Crippen MR) is 87.8 cm³/mol. The maximum absolute atomic E-state index is 6.15. The molecule has 1 aromatic carbocycles. The minimum atomic E-state index is -0.318. The van der Waals surface area contributed by atoms with Crippen molar-refractivity contribution in [3.63, 3.8) is 0 Å². The number of rotatable bonds is 2. The highest BCUT2D eigenvalue weighted by Gasteiger charge is 2.35. The van der Waals surface area contributed by atoms with Gasteiger partial charge in [0.25, 0.3) is 0 Å².